The van der Waals surface area contributed by atoms with Gasteiger partial charge in [0.1, 0.15) is 12.1 Å². The average molecular weight is 297 g/mol. The zero-order valence-corrected chi connectivity index (χ0v) is 10.9. The van der Waals surface area contributed by atoms with Gasteiger partial charge in [0, 0.05) is 0 Å². The molecule has 0 radical (unpaired) electrons. The summed E-state index contributed by atoms with van der Waals surface area (Å²) in [6, 6.07) is 0. The highest BCUT2D eigenvalue weighted by Gasteiger charge is 2.36. The molecule has 1 N–H and O–H groups in total. The minimum atomic E-state index is -4.96. The van der Waals surface area contributed by atoms with Gasteiger partial charge in [0.2, 0.25) is 5.91 Å². The van der Waals surface area contributed by atoms with E-state index in [1.807, 2.05) is 0 Å². The second kappa shape index (κ2) is 8.18. The summed E-state index contributed by atoms with van der Waals surface area (Å²) in [4.78, 5) is 33.1. The lowest BCUT2D eigenvalue weighted by Crippen LogP contribution is -2.33. The maximum Gasteiger partial charge on any atom is 0.431 e. The predicted molar refractivity (Wildman–Crippen MR) is 60.2 cm³/mol. The summed E-state index contributed by atoms with van der Waals surface area (Å²) >= 11 is 0. The van der Waals surface area contributed by atoms with Crippen molar-refractivity contribution in [3.63, 3.8) is 0 Å². The van der Waals surface area contributed by atoms with Crippen LogP contribution in [0.4, 0.5) is 13.2 Å². The van der Waals surface area contributed by atoms with Gasteiger partial charge in [-0.25, -0.2) is 4.79 Å². The highest BCUT2D eigenvalue weighted by molar-refractivity contribution is 5.95. The topological polar surface area (TPSA) is 81.7 Å². The van der Waals surface area contributed by atoms with Crippen LogP contribution in [0, 0.1) is 0 Å². The number of carbonyl (C=O) groups is 3. The number of nitrogens with one attached hydrogen (secondary N) is 1. The van der Waals surface area contributed by atoms with E-state index in [0.717, 1.165) is 0 Å². The third kappa shape index (κ3) is 7.39. The summed E-state index contributed by atoms with van der Waals surface area (Å²) in [5.41, 5.74) is -1.61. The van der Waals surface area contributed by atoms with Crippen molar-refractivity contribution in [2.75, 3.05) is 13.2 Å². The SMILES string of the molecule is CCOC(=O)/C=C(\NC(=O)CC(=O)OCC)C(F)(F)F. The molecule has 20 heavy (non-hydrogen) atoms. The molecule has 114 valence electrons. The lowest BCUT2D eigenvalue weighted by Gasteiger charge is -2.12. The number of allylic oxidation sites excluding steroid dienone is 1. The standard InChI is InChI=1S/C11H14F3NO5/c1-3-19-9(17)5-7(11(12,13)14)15-8(16)6-10(18)20-4-2/h5H,3-4,6H2,1-2H3,(H,15,16)/b7-5-. The minimum absolute atomic E-state index is 0.00307. The van der Waals surface area contributed by atoms with Crippen molar-refractivity contribution in [2.45, 2.75) is 26.4 Å². The first kappa shape index (κ1) is 17.9. The molecule has 0 aromatic heterocycles. The average Bonchev–Trinajstić information content (AvgIpc) is 2.27. The van der Waals surface area contributed by atoms with Crippen LogP contribution in [-0.2, 0) is 23.9 Å². The van der Waals surface area contributed by atoms with Gasteiger partial charge in [0.25, 0.3) is 0 Å². The van der Waals surface area contributed by atoms with E-state index in [0.29, 0.717) is 0 Å². The molecule has 0 saturated carbocycles. The van der Waals surface area contributed by atoms with Crippen LogP contribution in [0.15, 0.2) is 11.8 Å². The number of halogens is 3. The smallest absolute Gasteiger partial charge is 0.431 e. The normalized spacial score (nSPS) is 11.8. The van der Waals surface area contributed by atoms with Crippen LogP contribution < -0.4 is 5.32 Å². The Hall–Kier alpha value is -2.06. The molecular weight excluding hydrogens is 283 g/mol. The number of alkyl halides is 3. The first-order valence-corrected chi connectivity index (χ1v) is 5.61. The van der Waals surface area contributed by atoms with Crippen LogP contribution in [0.2, 0.25) is 0 Å². The van der Waals surface area contributed by atoms with E-state index >= 15 is 0 Å². The molecule has 0 atom stereocenters. The zero-order valence-electron chi connectivity index (χ0n) is 10.9. The third-order valence-electron chi connectivity index (χ3n) is 1.74. The Morgan fingerprint density at radius 2 is 1.65 bits per heavy atom. The van der Waals surface area contributed by atoms with Gasteiger partial charge in [-0.05, 0) is 13.8 Å². The Balaban J connectivity index is 4.80. The molecule has 0 fully saturated rings. The molecule has 9 heteroatoms. The van der Waals surface area contributed by atoms with Crippen LogP contribution >= 0.6 is 0 Å². The maximum absolute atomic E-state index is 12.6. The van der Waals surface area contributed by atoms with Gasteiger partial charge in [0.05, 0.1) is 19.3 Å². The Morgan fingerprint density at radius 3 is 2.10 bits per heavy atom. The van der Waals surface area contributed by atoms with E-state index in [1.165, 1.54) is 19.2 Å². The summed E-state index contributed by atoms with van der Waals surface area (Å²) in [7, 11) is 0. The van der Waals surface area contributed by atoms with Gasteiger partial charge in [-0.1, -0.05) is 0 Å². The molecule has 0 aliphatic heterocycles. The first-order chi connectivity index (χ1) is 9.20. The van der Waals surface area contributed by atoms with Crippen molar-refractivity contribution in [2.24, 2.45) is 0 Å². The van der Waals surface area contributed by atoms with Crippen molar-refractivity contribution in [1.82, 2.24) is 5.32 Å². The van der Waals surface area contributed by atoms with Crippen molar-refractivity contribution >= 4 is 17.8 Å². The lowest BCUT2D eigenvalue weighted by atomic mass is 10.3. The fourth-order valence-electron chi connectivity index (χ4n) is 1.03. The minimum Gasteiger partial charge on any atom is -0.466 e. The molecule has 6 nitrogen and oxygen atoms in total. The van der Waals surface area contributed by atoms with Gasteiger partial charge in [0.15, 0.2) is 0 Å². The zero-order chi connectivity index (χ0) is 15.8. The number of carbonyl (C=O) groups excluding carboxylic acids is 3. The highest BCUT2D eigenvalue weighted by Crippen LogP contribution is 2.23. The summed E-state index contributed by atoms with van der Waals surface area (Å²) < 4.78 is 46.4. The van der Waals surface area contributed by atoms with E-state index in [4.69, 9.17) is 0 Å². The molecule has 1 amide bonds. The second-order valence-corrected chi connectivity index (χ2v) is 3.34. The number of ether oxygens (including phenoxy) is 2. The van der Waals surface area contributed by atoms with E-state index in [-0.39, 0.29) is 19.3 Å². The Morgan fingerprint density at radius 1 is 1.10 bits per heavy atom. The monoisotopic (exact) mass is 297 g/mol. The number of amides is 1. The Kier molecular flexibility index (Phi) is 7.34. The molecular formula is C11H14F3NO5. The number of esters is 2. The molecule has 0 unspecified atom stereocenters. The summed E-state index contributed by atoms with van der Waals surface area (Å²) in [6.45, 7) is 2.78. The van der Waals surface area contributed by atoms with Crippen molar-refractivity contribution in [1.29, 1.82) is 0 Å². The quantitative estimate of drug-likeness (QED) is 0.450. The van der Waals surface area contributed by atoms with Crippen LogP contribution in [0.5, 0.6) is 0 Å². The number of hydrogen-bond donors (Lipinski definition) is 1. The Bertz CT molecular complexity index is 403. The predicted octanol–water partition coefficient (Wildman–Crippen LogP) is 1.07. The molecule has 0 heterocycles. The molecule has 0 bridgehead atoms. The van der Waals surface area contributed by atoms with Crippen LogP contribution in [0.25, 0.3) is 0 Å². The molecule has 0 aliphatic carbocycles. The summed E-state index contributed by atoms with van der Waals surface area (Å²) in [5, 5.41) is 1.43. The van der Waals surface area contributed by atoms with E-state index in [2.05, 4.69) is 9.47 Å². The molecule has 0 spiro atoms. The molecule has 0 aromatic carbocycles. The summed E-state index contributed by atoms with van der Waals surface area (Å²) in [6.07, 6.45) is -5.74. The maximum atomic E-state index is 12.6. The molecule has 0 saturated heterocycles. The fourth-order valence-corrected chi connectivity index (χ4v) is 1.03. The number of rotatable bonds is 6. The number of hydrogen-bond acceptors (Lipinski definition) is 5. The van der Waals surface area contributed by atoms with Gasteiger partial charge in [-0.3, -0.25) is 9.59 Å². The van der Waals surface area contributed by atoms with Crippen molar-refractivity contribution in [3.05, 3.63) is 11.8 Å². The second-order valence-electron chi connectivity index (χ2n) is 3.34. The van der Waals surface area contributed by atoms with E-state index in [1.54, 1.807) is 0 Å². The Labute approximate surface area is 112 Å². The van der Waals surface area contributed by atoms with Crippen molar-refractivity contribution < 1.29 is 37.0 Å². The third-order valence-corrected chi connectivity index (χ3v) is 1.74. The molecule has 0 aliphatic rings. The van der Waals surface area contributed by atoms with Crippen LogP contribution in [0.3, 0.4) is 0 Å². The largest absolute Gasteiger partial charge is 0.466 e. The van der Waals surface area contributed by atoms with Crippen LogP contribution in [0.1, 0.15) is 20.3 Å². The molecule has 0 rings (SSSR count). The van der Waals surface area contributed by atoms with Gasteiger partial charge < -0.3 is 14.8 Å². The highest BCUT2D eigenvalue weighted by atomic mass is 19.4. The fraction of sp³-hybridized carbons (Fsp3) is 0.545. The van der Waals surface area contributed by atoms with Gasteiger partial charge >= 0.3 is 18.1 Å². The van der Waals surface area contributed by atoms with Crippen LogP contribution in [-0.4, -0.2) is 37.2 Å². The van der Waals surface area contributed by atoms with Gasteiger partial charge in [-0.2, -0.15) is 13.2 Å². The lowest BCUT2D eigenvalue weighted by molar-refractivity contribution is -0.146. The van der Waals surface area contributed by atoms with Crippen molar-refractivity contribution in [3.8, 4) is 0 Å². The van der Waals surface area contributed by atoms with E-state index in [9.17, 15) is 27.6 Å². The molecule has 0 aromatic rings. The first-order valence-electron chi connectivity index (χ1n) is 5.61. The summed E-state index contributed by atoms with van der Waals surface area (Å²) in [5.74, 6) is -3.46. The van der Waals surface area contributed by atoms with E-state index < -0.39 is 36.1 Å². The van der Waals surface area contributed by atoms with Gasteiger partial charge in [-0.15, -0.1) is 0 Å².